The largest absolute Gasteiger partial charge is 0.444 e. The zero-order valence-electron chi connectivity index (χ0n) is 20.7. The highest BCUT2D eigenvalue weighted by Gasteiger charge is 2.32. The number of carbonyl (C=O) groups excluding carboxylic acids is 2. The molecule has 0 bridgehead atoms. The van der Waals surface area contributed by atoms with Crippen molar-refractivity contribution in [1.29, 1.82) is 0 Å². The van der Waals surface area contributed by atoms with Crippen molar-refractivity contribution in [1.82, 2.24) is 9.80 Å². The van der Waals surface area contributed by atoms with Crippen LogP contribution in [-0.2, 0) is 22.4 Å². The van der Waals surface area contributed by atoms with Crippen LogP contribution in [0, 0.1) is 0 Å². The number of hydrogen-bond acceptors (Lipinski definition) is 4. The third-order valence-electron chi connectivity index (χ3n) is 5.57. The van der Waals surface area contributed by atoms with Crippen LogP contribution in [0.2, 0.25) is 0 Å². The molecule has 0 N–H and O–H groups in total. The van der Waals surface area contributed by atoms with Gasteiger partial charge in [-0.1, -0.05) is 60.7 Å². The number of rotatable bonds is 8. The molecule has 0 aliphatic heterocycles. The van der Waals surface area contributed by atoms with E-state index in [0.29, 0.717) is 13.0 Å². The lowest BCUT2D eigenvalue weighted by molar-refractivity contribution is -0.135. The Bertz CT molecular complexity index is 1060. The number of benzene rings is 2. The van der Waals surface area contributed by atoms with E-state index in [9.17, 15) is 9.59 Å². The summed E-state index contributed by atoms with van der Waals surface area (Å²) in [5.74, 6) is -0.1000. The van der Waals surface area contributed by atoms with E-state index in [0.717, 1.165) is 23.1 Å². The third kappa shape index (κ3) is 7.19. The fourth-order valence-corrected chi connectivity index (χ4v) is 4.33. The molecule has 1 heterocycles. The summed E-state index contributed by atoms with van der Waals surface area (Å²) in [4.78, 5) is 30.7. The van der Waals surface area contributed by atoms with E-state index in [-0.39, 0.29) is 5.91 Å². The van der Waals surface area contributed by atoms with Crippen LogP contribution in [-0.4, -0.2) is 54.1 Å². The van der Waals surface area contributed by atoms with Crippen molar-refractivity contribution >= 4 is 23.3 Å². The minimum absolute atomic E-state index is 0.1000. The SMILES string of the molecule is CN(CCc1cccs1)C(=O)C(Cc1ccc(-c2ccccc2)cc1)N(C)C(=O)OC(C)(C)C. The van der Waals surface area contributed by atoms with Gasteiger partial charge in [-0.15, -0.1) is 11.3 Å². The molecule has 3 aromatic rings. The topological polar surface area (TPSA) is 49.9 Å². The Morgan fingerprint density at radius 1 is 0.912 bits per heavy atom. The minimum Gasteiger partial charge on any atom is -0.444 e. The van der Waals surface area contributed by atoms with Gasteiger partial charge in [-0.3, -0.25) is 9.69 Å². The molecule has 3 rings (SSSR count). The van der Waals surface area contributed by atoms with Gasteiger partial charge in [0.2, 0.25) is 5.91 Å². The lowest BCUT2D eigenvalue weighted by Gasteiger charge is -2.32. The molecule has 0 spiro atoms. The first-order valence-corrected chi connectivity index (χ1v) is 12.4. The van der Waals surface area contributed by atoms with E-state index in [1.807, 2.05) is 62.5 Å². The fourth-order valence-electron chi connectivity index (χ4n) is 3.64. The van der Waals surface area contributed by atoms with Crippen LogP contribution < -0.4 is 0 Å². The van der Waals surface area contributed by atoms with Crippen molar-refractivity contribution in [2.75, 3.05) is 20.6 Å². The lowest BCUT2D eigenvalue weighted by Crippen LogP contribution is -2.51. The smallest absolute Gasteiger partial charge is 0.410 e. The molecule has 5 nitrogen and oxygen atoms in total. The summed E-state index contributed by atoms with van der Waals surface area (Å²) in [6.45, 7) is 6.06. The third-order valence-corrected chi connectivity index (χ3v) is 6.51. The molecule has 0 aliphatic carbocycles. The fraction of sp³-hybridized carbons (Fsp3) is 0.357. The van der Waals surface area contributed by atoms with Crippen molar-refractivity contribution in [2.45, 2.75) is 45.3 Å². The van der Waals surface area contributed by atoms with E-state index in [1.165, 1.54) is 9.78 Å². The summed E-state index contributed by atoms with van der Waals surface area (Å²) in [6.07, 6.45) is 0.695. The van der Waals surface area contributed by atoms with Gasteiger partial charge in [0.25, 0.3) is 0 Å². The van der Waals surface area contributed by atoms with Gasteiger partial charge in [0, 0.05) is 31.9 Å². The molecule has 1 aromatic heterocycles. The first kappa shape index (κ1) is 25.5. The second kappa shape index (κ2) is 11.3. The van der Waals surface area contributed by atoms with Gasteiger partial charge in [0.1, 0.15) is 11.6 Å². The Balaban J connectivity index is 1.77. The monoisotopic (exact) mass is 478 g/mol. The van der Waals surface area contributed by atoms with Crippen LogP contribution in [0.4, 0.5) is 4.79 Å². The first-order chi connectivity index (χ1) is 16.1. The molecule has 0 aliphatic rings. The summed E-state index contributed by atoms with van der Waals surface area (Å²) in [5.41, 5.74) is 2.60. The van der Waals surface area contributed by atoms with E-state index < -0.39 is 17.7 Å². The number of thiophene rings is 1. The summed E-state index contributed by atoms with van der Waals surface area (Å²) in [5, 5.41) is 2.04. The van der Waals surface area contributed by atoms with Gasteiger partial charge in [-0.25, -0.2) is 4.79 Å². The van der Waals surface area contributed by atoms with Crippen LogP contribution in [0.15, 0.2) is 72.1 Å². The van der Waals surface area contributed by atoms with Crippen LogP contribution >= 0.6 is 11.3 Å². The Kier molecular flexibility index (Phi) is 8.51. The zero-order valence-corrected chi connectivity index (χ0v) is 21.5. The van der Waals surface area contributed by atoms with Gasteiger partial charge in [0.15, 0.2) is 0 Å². The second-order valence-corrected chi connectivity index (χ2v) is 10.5. The standard InChI is InChI=1S/C28H34N2O3S/c1-28(2,3)33-27(32)30(5)25(26(31)29(4)18-17-24-12-9-19-34-24)20-21-13-15-23(16-14-21)22-10-7-6-8-11-22/h6-16,19,25H,17-18,20H2,1-5H3. The quantitative estimate of drug-likeness (QED) is 0.405. The van der Waals surface area contributed by atoms with E-state index >= 15 is 0 Å². The molecule has 34 heavy (non-hydrogen) atoms. The van der Waals surface area contributed by atoms with Crippen LogP contribution in [0.5, 0.6) is 0 Å². The molecule has 0 saturated carbocycles. The van der Waals surface area contributed by atoms with Crippen LogP contribution in [0.25, 0.3) is 11.1 Å². The lowest BCUT2D eigenvalue weighted by atomic mass is 9.99. The van der Waals surface area contributed by atoms with Crippen molar-refractivity contribution in [3.8, 4) is 11.1 Å². The molecular formula is C28H34N2O3S. The number of amides is 2. The molecule has 0 fully saturated rings. The molecule has 180 valence electrons. The molecule has 1 atom stereocenters. The average molecular weight is 479 g/mol. The molecule has 0 saturated heterocycles. The van der Waals surface area contributed by atoms with E-state index in [1.54, 1.807) is 30.3 Å². The van der Waals surface area contributed by atoms with Gasteiger partial charge in [0.05, 0.1) is 0 Å². The summed E-state index contributed by atoms with van der Waals surface area (Å²) in [6, 6.07) is 21.7. The Morgan fingerprint density at radius 2 is 1.56 bits per heavy atom. The van der Waals surface area contributed by atoms with Gasteiger partial charge in [-0.05, 0) is 55.3 Å². The Morgan fingerprint density at radius 3 is 2.15 bits per heavy atom. The highest BCUT2D eigenvalue weighted by molar-refractivity contribution is 7.09. The van der Waals surface area contributed by atoms with E-state index in [2.05, 4.69) is 30.3 Å². The van der Waals surface area contributed by atoms with Crippen LogP contribution in [0.3, 0.4) is 0 Å². The maximum absolute atomic E-state index is 13.5. The molecule has 6 heteroatoms. The number of hydrogen-bond donors (Lipinski definition) is 0. The highest BCUT2D eigenvalue weighted by Crippen LogP contribution is 2.21. The van der Waals surface area contributed by atoms with E-state index in [4.69, 9.17) is 4.74 Å². The molecule has 2 amide bonds. The summed E-state index contributed by atoms with van der Waals surface area (Å²) >= 11 is 1.68. The maximum atomic E-state index is 13.5. The Labute approximate surface area is 207 Å². The Hall–Kier alpha value is -3.12. The number of carbonyl (C=O) groups is 2. The minimum atomic E-state index is -0.661. The number of ether oxygens (including phenoxy) is 1. The van der Waals surface area contributed by atoms with Crippen LogP contribution in [0.1, 0.15) is 31.2 Å². The second-order valence-electron chi connectivity index (χ2n) is 9.46. The van der Waals surface area contributed by atoms with Crippen molar-refractivity contribution in [2.24, 2.45) is 0 Å². The van der Waals surface area contributed by atoms with Crippen molar-refractivity contribution < 1.29 is 14.3 Å². The van der Waals surface area contributed by atoms with Gasteiger partial charge in [-0.2, -0.15) is 0 Å². The highest BCUT2D eigenvalue weighted by atomic mass is 32.1. The summed E-state index contributed by atoms with van der Waals surface area (Å²) < 4.78 is 5.56. The molecule has 0 radical (unpaired) electrons. The van der Waals surface area contributed by atoms with Gasteiger partial charge < -0.3 is 9.64 Å². The predicted molar refractivity (Wildman–Crippen MR) is 139 cm³/mol. The number of likely N-dealkylation sites (N-methyl/N-ethyl adjacent to an activating group) is 2. The normalized spacial score (nSPS) is 12.1. The molecule has 2 aromatic carbocycles. The first-order valence-electron chi connectivity index (χ1n) is 11.5. The zero-order chi connectivity index (χ0) is 24.7. The molecule has 1 unspecified atom stereocenters. The number of nitrogens with zero attached hydrogens (tertiary/aromatic N) is 2. The average Bonchev–Trinajstić information content (AvgIpc) is 3.34. The maximum Gasteiger partial charge on any atom is 0.410 e. The van der Waals surface area contributed by atoms with Crippen molar-refractivity contribution in [3.63, 3.8) is 0 Å². The van der Waals surface area contributed by atoms with Crippen molar-refractivity contribution in [3.05, 3.63) is 82.6 Å². The predicted octanol–water partition coefficient (Wildman–Crippen LogP) is 5.89. The summed E-state index contributed by atoms with van der Waals surface area (Å²) in [7, 11) is 3.44. The molecular weight excluding hydrogens is 444 g/mol. The van der Waals surface area contributed by atoms with Gasteiger partial charge >= 0.3 is 6.09 Å².